The lowest BCUT2D eigenvalue weighted by molar-refractivity contribution is 0.305. The highest BCUT2D eigenvalue weighted by molar-refractivity contribution is 7.11. The predicted molar refractivity (Wildman–Crippen MR) is 79.6 cm³/mol. The first-order chi connectivity index (χ1) is 9.10. The first-order valence-corrected chi connectivity index (χ1v) is 7.33. The monoisotopic (exact) mass is 276 g/mol. The van der Waals surface area contributed by atoms with Crippen molar-refractivity contribution in [2.45, 2.75) is 39.8 Å². The molecule has 0 aliphatic rings. The van der Waals surface area contributed by atoms with Crippen LogP contribution in [-0.4, -0.2) is 4.98 Å². The second-order valence-corrected chi connectivity index (χ2v) is 5.91. The van der Waals surface area contributed by atoms with Crippen LogP contribution in [0, 0.1) is 13.8 Å². The number of hydrogen-bond donors (Lipinski definition) is 1. The van der Waals surface area contributed by atoms with Gasteiger partial charge in [-0.25, -0.2) is 4.98 Å². The molecule has 102 valence electrons. The summed E-state index contributed by atoms with van der Waals surface area (Å²) in [6, 6.07) is 8.11. The average Bonchev–Trinajstić information content (AvgIpc) is 2.75. The lowest BCUT2D eigenvalue weighted by Gasteiger charge is -2.10. The Kier molecular flexibility index (Phi) is 4.56. The molecule has 0 fully saturated rings. The predicted octanol–water partition coefficient (Wildman–Crippen LogP) is 3.75. The summed E-state index contributed by atoms with van der Waals surface area (Å²) in [5, 5.41) is 1.02. The quantitative estimate of drug-likeness (QED) is 0.904. The smallest absolute Gasteiger partial charge is 0.140 e. The number of aryl methyl sites for hydroxylation is 2. The van der Waals surface area contributed by atoms with Gasteiger partial charge in [-0.05, 0) is 38.0 Å². The molecule has 0 aliphatic carbocycles. The molecule has 1 heterocycles. The molecule has 4 heteroatoms. The third kappa shape index (κ3) is 3.55. The van der Waals surface area contributed by atoms with Crippen molar-refractivity contribution >= 4 is 11.3 Å². The number of nitrogens with zero attached hydrogens (tertiary/aromatic N) is 1. The van der Waals surface area contributed by atoms with Gasteiger partial charge in [0.2, 0.25) is 0 Å². The Balaban J connectivity index is 1.96. The van der Waals surface area contributed by atoms with Gasteiger partial charge in [0, 0.05) is 10.9 Å². The molecule has 2 N–H and O–H groups in total. The number of benzene rings is 1. The third-order valence-corrected chi connectivity index (χ3v) is 4.23. The molecule has 2 rings (SSSR count). The van der Waals surface area contributed by atoms with Crippen molar-refractivity contribution < 1.29 is 4.74 Å². The van der Waals surface area contributed by atoms with Gasteiger partial charge in [-0.3, -0.25) is 0 Å². The van der Waals surface area contributed by atoms with E-state index in [0.717, 1.165) is 28.4 Å². The summed E-state index contributed by atoms with van der Waals surface area (Å²) in [6.45, 7) is 6.72. The summed E-state index contributed by atoms with van der Waals surface area (Å²) in [5.41, 5.74) is 8.22. The van der Waals surface area contributed by atoms with Crippen LogP contribution in [0.25, 0.3) is 0 Å². The van der Waals surface area contributed by atoms with Crippen LogP contribution < -0.4 is 10.5 Å². The fraction of sp³-hybridized carbons (Fsp3) is 0.400. The highest BCUT2D eigenvalue weighted by Crippen LogP contribution is 2.21. The minimum absolute atomic E-state index is 0.110. The second-order valence-electron chi connectivity index (χ2n) is 4.62. The molecule has 0 spiro atoms. The molecule has 1 aromatic heterocycles. The van der Waals surface area contributed by atoms with Crippen molar-refractivity contribution in [3.05, 3.63) is 45.4 Å². The van der Waals surface area contributed by atoms with Crippen LogP contribution >= 0.6 is 11.3 Å². The number of thiazole rings is 1. The van der Waals surface area contributed by atoms with Gasteiger partial charge >= 0.3 is 0 Å². The van der Waals surface area contributed by atoms with Crippen LogP contribution in [0.2, 0.25) is 0 Å². The summed E-state index contributed by atoms with van der Waals surface area (Å²) in [4.78, 5) is 5.71. The van der Waals surface area contributed by atoms with Crippen molar-refractivity contribution in [1.82, 2.24) is 4.98 Å². The topological polar surface area (TPSA) is 48.1 Å². The molecule has 19 heavy (non-hydrogen) atoms. The molecule has 1 aromatic carbocycles. The molecule has 1 unspecified atom stereocenters. The summed E-state index contributed by atoms with van der Waals surface area (Å²) in [7, 11) is 0. The fourth-order valence-electron chi connectivity index (χ4n) is 1.79. The highest BCUT2D eigenvalue weighted by Gasteiger charge is 2.06. The van der Waals surface area contributed by atoms with E-state index in [0.29, 0.717) is 6.61 Å². The fourth-order valence-corrected chi connectivity index (χ4v) is 2.64. The van der Waals surface area contributed by atoms with E-state index >= 15 is 0 Å². The number of nitrogens with two attached hydrogens (primary N) is 1. The van der Waals surface area contributed by atoms with Gasteiger partial charge in [-0.2, -0.15) is 0 Å². The van der Waals surface area contributed by atoms with Gasteiger partial charge in [0.25, 0.3) is 0 Å². The molecule has 0 radical (unpaired) electrons. The van der Waals surface area contributed by atoms with Gasteiger partial charge in [0.15, 0.2) is 0 Å². The van der Waals surface area contributed by atoms with Gasteiger partial charge in [0.1, 0.15) is 17.4 Å². The van der Waals surface area contributed by atoms with Crippen LogP contribution in [0.1, 0.15) is 40.5 Å². The largest absolute Gasteiger partial charge is 0.486 e. The molecular weight excluding hydrogens is 256 g/mol. The maximum Gasteiger partial charge on any atom is 0.140 e. The van der Waals surface area contributed by atoms with Crippen molar-refractivity contribution in [2.24, 2.45) is 5.73 Å². The number of aromatic nitrogens is 1. The van der Waals surface area contributed by atoms with Crippen LogP contribution in [0.3, 0.4) is 0 Å². The zero-order chi connectivity index (χ0) is 13.8. The van der Waals surface area contributed by atoms with Crippen LogP contribution in [0.4, 0.5) is 0 Å². The average molecular weight is 276 g/mol. The van der Waals surface area contributed by atoms with Crippen molar-refractivity contribution in [3.63, 3.8) is 0 Å². The Morgan fingerprint density at radius 3 is 2.47 bits per heavy atom. The Hall–Kier alpha value is -1.39. The standard InChI is InChI=1S/C15H20N2OS/c1-4-14(16)12-5-7-13(8-6-12)18-9-15-17-10(2)11(3)19-15/h5-8,14H,4,9,16H2,1-3H3. The van der Waals surface area contributed by atoms with Gasteiger partial charge < -0.3 is 10.5 Å². The maximum absolute atomic E-state index is 5.98. The molecule has 0 saturated heterocycles. The van der Waals surface area contributed by atoms with Crippen LogP contribution in [0.15, 0.2) is 24.3 Å². The van der Waals surface area contributed by atoms with Crippen molar-refractivity contribution in [2.75, 3.05) is 0 Å². The second kappa shape index (κ2) is 6.17. The van der Waals surface area contributed by atoms with Crippen molar-refractivity contribution in [3.8, 4) is 5.75 Å². The molecule has 0 bridgehead atoms. The zero-order valence-corrected chi connectivity index (χ0v) is 12.5. The molecule has 0 aliphatic heterocycles. The molecule has 0 amide bonds. The SMILES string of the molecule is CCC(N)c1ccc(OCc2nc(C)c(C)s2)cc1. The van der Waals surface area contributed by atoms with E-state index in [2.05, 4.69) is 18.8 Å². The van der Waals surface area contributed by atoms with Gasteiger partial charge in [-0.1, -0.05) is 19.1 Å². The van der Waals surface area contributed by atoms with E-state index in [4.69, 9.17) is 10.5 Å². The van der Waals surface area contributed by atoms with E-state index in [1.807, 2.05) is 31.2 Å². The van der Waals surface area contributed by atoms with E-state index in [1.54, 1.807) is 11.3 Å². The summed E-state index contributed by atoms with van der Waals surface area (Å²) in [5.74, 6) is 0.859. The first kappa shape index (κ1) is 14.0. The minimum Gasteiger partial charge on any atom is -0.486 e. The Morgan fingerprint density at radius 1 is 1.26 bits per heavy atom. The van der Waals surface area contributed by atoms with Gasteiger partial charge in [0.05, 0.1) is 5.69 Å². The van der Waals surface area contributed by atoms with Crippen LogP contribution in [0.5, 0.6) is 5.75 Å². The molecule has 0 saturated carbocycles. The van der Waals surface area contributed by atoms with E-state index in [1.165, 1.54) is 4.88 Å². The maximum atomic E-state index is 5.98. The lowest BCUT2D eigenvalue weighted by Crippen LogP contribution is -2.08. The minimum atomic E-state index is 0.110. The summed E-state index contributed by atoms with van der Waals surface area (Å²) in [6.07, 6.45) is 0.942. The molecule has 3 nitrogen and oxygen atoms in total. The van der Waals surface area contributed by atoms with E-state index in [-0.39, 0.29) is 6.04 Å². The van der Waals surface area contributed by atoms with Crippen molar-refractivity contribution in [1.29, 1.82) is 0 Å². The first-order valence-electron chi connectivity index (χ1n) is 6.51. The Bertz CT molecular complexity index is 514. The summed E-state index contributed by atoms with van der Waals surface area (Å²) >= 11 is 1.69. The Labute approximate surface area is 118 Å². The molecular formula is C15H20N2OS. The molecule has 2 aromatic rings. The molecule has 1 atom stereocenters. The van der Waals surface area contributed by atoms with Gasteiger partial charge in [-0.15, -0.1) is 11.3 Å². The number of rotatable bonds is 5. The highest BCUT2D eigenvalue weighted by atomic mass is 32.1. The van der Waals surface area contributed by atoms with Crippen LogP contribution in [-0.2, 0) is 6.61 Å². The summed E-state index contributed by atoms with van der Waals surface area (Å²) < 4.78 is 5.74. The Morgan fingerprint density at radius 2 is 1.95 bits per heavy atom. The van der Waals surface area contributed by atoms with E-state index in [9.17, 15) is 0 Å². The normalized spacial score (nSPS) is 12.4. The third-order valence-electron chi connectivity index (χ3n) is 3.18. The zero-order valence-electron chi connectivity index (χ0n) is 11.6. The lowest BCUT2D eigenvalue weighted by atomic mass is 10.1. The number of ether oxygens (including phenoxy) is 1. The van der Waals surface area contributed by atoms with E-state index < -0.39 is 0 Å². The number of hydrogen-bond acceptors (Lipinski definition) is 4.